The van der Waals surface area contributed by atoms with Gasteiger partial charge in [0.1, 0.15) is 6.04 Å². The number of rotatable bonds is 3. The lowest BCUT2D eigenvalue weighted by atomic mass is 9.99. The standard InChI is InChI=1S/C15H13BrClNO2S/c16-10-2-1-9(12(17)7-10)8-18-5-3-13-11(4-6-21-13)14(18)15(19)20/h1-2,4,6-7,14H,3,5,8H2,(H,19,20). The van der Waals surface area contributed by atoms with Crippen LogP contribution in [0.2, 0.25) is 5.02 Å². The van der Waals surface area contributed by atoms with Gasteiger partial charge in [0.2, 0.25) is 0 Å². The highest BCUT2D eigenvalue weighted by atomic mass is 79.9. The van der Waals surface area contributed by atoms with Crippen LogP contribution >= 0.6 is 38.9 Å². The van der Waals surface area contributed by atoms with E-state index in [0.717, 1.165) is 28.6 Å². The maximum absolute atomic E-state index is 11.7. The third kappa shape index (κ3) is 3.01. The van der Waals surface area contributed by atoms with Crippen molar-refractivity contribution in [2.45, 2.75) is 19.0 Å². The van der Waals surface area contributed by atoms with E-state index in [9.17, 15) is 9.90 Å². The van der Waals surface area contributed by atoms with Gasteiger partial charge in [0, 0.05) is 27.5 Å². The minimum Gasteiger partial charge on any atom is -0.480 e. The molecule has 0 bridgehead atoms. The number of carbonyl (C=O) groups is 1. The maximum atomic E-state index is 11.7. The molecular weight excluding hydrogens is 374 g/mol. The van der Waals surface area contributed by atoms with Crippen LogP contribution in [0, 0.1) is 0 Å². The van der Waals surface area contributed by atoms with E-state index in [4.69, 9.17) is 11.6 Å². The van der Waals surface area contributed by atoms with E-state index in [1.807, 2.05) is 34.5 Å². The number of thiophene rings is 1. The van der Waals surface area contributed by atoms with Crippen LogP contribution in [0.1, 0.15) is 22.0 Å². The fourth-order valence-electron chi connectivity index (χ4n) is 2.70. The third-order valence-corrected chi connectivity index (χ3v) is 5.53. The quantitative estimate of drug-likeness (QED) is 0.852. The number of carboxylic acid groups (broad SMARTS) is 1. The minimum absolute atomic E-state index is 0.540. The molecule has 0 saturated carbocycles. The van der Waals surface area contributed by atoms with E-state index in [1.165, 1.54) is 4.88 Å². The van der Waals surface area contributed by atoms with Crippen molar-refractivity contribution in [3.05, 3.63) is 55.1 Å². The molecule has 0 aliphatic carbocycles. The number of nitrogens with zero attached hydrogens (tertiary/aromatic N) is 1. The zero-order chi connectivity index (χ0) is 15.0. The molecule has 1 aliphatic heterocycles. The molecule has 2 aromatic rings. The minimum atomic E-state index is -0.803. The Bertz CT molecular complexity index is 688. The molecule has 1 aromatic carbocycles. The zero-order valence-corrected chi connectivity index (χ0v) is 14.2. The molecule has 1 aliphatic rings. The summed E-state index contributed by atoms with van der Waals surface area (Å²) >= 11 is 11.3. The molecule has 21 heavy (non-hydrogen) atoms. The number of carboxylic acids is 1. The fourth-order valence-corrected chi connectivity index (χ4v) is 4.33. The molecule has 0 spiro atoms. The molecule has 3 nitrogen and oxygen atoms in total. The van der Waals surface area contributed by atoms with E-state index in [-0.39, 0.29) is 0 Å². The highest BCUT2D eigenvalue weighted by Gasteiger charge is 2.33. The van der Waals surface area contributed by atoms with Gasteiger partial charge in [-0.3, -0.25) is 9.69 Å². The smallest absolute Gasteiger partial charge is 0.325 e. The van der Waals surface area contributed by atoms with Crippen molar-refractivity contribution in [3.63, 3.8) is 0 Å². The van der Waals surface area contributed by atoms with E-state index in [0.29, 0.717) is 11.6 Å². The predicted molar refractivity (Wildman–Crippen MR) is 88.0 cm³/mol. The van der Waals surface area contributed by atoms with Gasteiger partial charge in [-0.05, 0) is 41.1 Å². The van der Waals surface area contributed by atoms with Gasteiger partial charge in [-0.15, -0.1) is 11.3 Å². The van der Waals surface area contributed by atoms with Crippen LogP contribution in [-0.4, -0.2) is 22.5 Å². The molecule has 6 heteroatoms. The van der Waals surface area contributed by atoms with Gasteiger partial charge in [-0.25, -0.2) is 0 Å². The summed E-state index contributed by atoms with van der Waals surface area (Å²) < 4.78 is 0.921. The molecule has 0 radical (unpaired) electrons. The number of fused-ring (bicyclic) bond motifs is 1. The monoisotopic (exact) mass is 385 g/mol. The molecule has 1 N–H and O–H groups in total. The molecule has 2 heterocycles. The Morgan fingerprint density at radius 1 is 1.48 bits per heavy atom. The highest BCUT2D eigenvalue weighted by Crippen LogP contribution is 2.35. The normalized spacial score (nSPS) is 18.5. The second kappa shape index (κ2) is 6.08. The first-order valence-electron chi connectivity index (χ1n) is 6.53. The van der Waals surface area contributed by atoms with Gasteiger partial charge in [-0.2, -0.15) is 0 Å². The van der Waals surface area contributed by atoms with Crippen molar-refractivity contribution >= 4 is 44.8 Å². The van der Waals surface area contributed by atoms with E-state index in [1.54, 1.807) is 11.3 Å². The van der Waals surface area contributed by atoms with Crippen molar-refractivity contribution in [2.75, 3.05) is 6.54 Å². The average molecular weight is 387 g/mol. The van der Waals surface area contributed by atoms with Crippen LogP contribution in [0.4, 0.5) is 0 Å². The van der Waals surface area contributed by atoms with Crippen molar-refractivity contribution in [1.29, 1.82) is 0 Å². The summed E-state index contributed by atoms with van der Waals surface area (Å²) in [5.41, 5.74) is 1.87. The molecule has 1 aromatic heterocycles. The van der Waals surface area contributed by atoms with Crippen LogP contribution in [0.5, 0.6) is 0 Å². The average Bonchev–Trinajstić information content (AvgIpc) is 2.89. The summed E-state index contributed by atoms with van der Waals surface area (Å²) in [4.78, 5) is 14.8. The number of benzene rings is 1. The summed E-state index contributed by atoms with van der Waals surface area (Å²) in [6, 6.07) is 7.05. The number of hydrogen-bond donors (Lipinski definition) is 1. The van der Waals surface area contributed by atoms with E-state index < -0.39 is 12.0 Å². The topological polar surface area (TPSA) is 40.5 Å². The van der Waals surface area contributed by atoms with Gasteiger partial charge < -0.3 is 5.11 Å². The van der Waals surface area contributed by atoms with Gasteiger partial charge in [0.25, 0.3) is 0 Å². The Labute approximate surface area is 140 Å². The fraction of sp³-hybridized carbons (Fsp3) is 0.267. The highest BCUT2D eigenvalue weighted by molar-refractivity contribution is 9.10. The lowest BCUT2D eigenvalue weighted by Crippen LogP contribution is -2.38. The van der Waals surface area contributed by atoms with Gasteiger partial charge in [0.15, 0.2) is 0 Å². The lowest BCUT2D eigenvalue weighted by Gasteiger charge is -2.33. The van der Waals surface area contributed by atoms with Gasteiger partial charge in [-0.1, -0.05) is 33.6 Å². The summed E-state index contributed by atoms with van der Waals surface area (Å²) in [6.45, 7) is 1.27. The molecule has 1 atom stereocenters. The number of hydrogen-bond acceptors (Lipinski definition) is 3. The molecular formula is C15H13BrClNO2S. The number of halogens is 2. The van der Waals surface area contributed by atoms with Gasteiger partial charge in [0.05, 0.1) is 0 Å². The predicted octanol–water partition coefficient (Wildman–Crippen LogP) is 4.35. The van der Waals surface area contributed by atoms with Crippen LogP contribution in [0.3, 0.4) is 0 Å². The first kappa shape index (κ1) is 15.0. The molecule has 0 amide bonds. The first-order chi connectivity index (χ1) is 10.1. The summed E-state index contributed by atoms with van der Waals surface area (Å²) in [5, 5.41) is 12.2. The molecule has 0 fully saturated rings. The Morgan fingerprint density at radius 3 is 3.00 bits per heavy atom. The lowest BCUT2D eigenvalue weighted by molar-refractivity contribution is -0.144. The zero-order valence-electron chi connectivity index (χ0n) is 11.1. The molecule has 1 unspecified atom stereocenters. The van der Waals surface area contributed by atoms with Crippen LogP contribution < -0.4 is 0 Å². The van der Waals surface area contributed by atoms with Crippen molar-refractivity contribution in [3.8, 4) is 0 Å². The second-order valence-electron chi connectivity index (χ2n) is 5.00. The van der Waals surface area contributed by atoms with E-state index in [2.05, 4.69) is 15.9 Å². The number of aliphatic carboxylic acids is 1. The molecule has 110 valence electrons. The van der Waals surface area contributed by atoms with Crippen molar-refractivity contribution < 1.29 is 9.90 Å². The van der Waals surface area contributed by atoms with Crippen molar-refractivity contribution in [1.82, 2.24) is 4.90 Å². The van der Waals surface area contributed by atoms with Crippen LogP contribution in [0.25, 0.3) is 0 Å². The molecule has 0 saturated heterocycles. The Kier molecular flexibility index (Phi) is 4.36. The van der Waals surface area contributed by atoms with Crippen LogP contribution in [0.15, 0.2) is 34.1 Å². The van der Waals surface area contributed by atoms with Crippen LogP contribution in [-0.2, 0) is 17.8 Å². The second-order valence-corrected chi connectivity index (χ2v) is 7.32. The Morgan fingerprint density at radius 2 is 2.29 bits per heavy atom. The Balaban J connectivity index is 1.90. The van der Waals surface area contributed by atoms with Gasteiger partial charge >= 0.3 is 5.97 Å². The Hall–Kier alpha value is -0.880. The first-order valence-corrected chi connectivity index (χ1v) is 8.58. The summed E-state index contributed by atoms with van der Waals surface area (Å²) in [6.07, 6.45) is 0.894. The summed E-state index contributed by atoms with van der Waals surface area (Å²) in [7, 11) is 0. The maximum Gasteiger partial charge on any atom is 0.325 e. The third-order valence-electron chi connectivity index (χ3n) is 3.69. The SMILES string of the molecule is O=C(O)C1c2ccsc2CCN1Cc1ccc(Br)cc1Cl. The van der Waals surface area contributed by atoms with Crippen molar-refractivity contribution in [2.24, 2.45) is 0 Å². The largest absolute Gasteiger partial charge is 0.480 e. The molecule has 3 rings (SSSR count). The van der Waals surface area contributed by atoms with E-state index >= 15 is 0 Å². The summed E-state index contributed by atoms with van der Waals surface area (Å²) in [5.74, 6) is -0.803.